The molecule has 2 N–H and O–H groups in total. The molecule has 4 rings (SSSR count). The standard InChI is InChI=1S/C15H15N5O/c1-2-8-3-6-11-10(7-8)15(21)18-13(16-11)14-17-12(19-20-14)9-4-5-9/h3,6-7,9H,2,4-5H2,1H3,(H,16,18,21)(H,17,19,20). The van der Waals surface area contributed by atoms with Gasteiger partial charge in [0.25, 0.3) is 5.56 Å². The highest BCUT2D eigenvalue weighted by molar-refractivity contribution is 5.79. The van der Waals surface area contributed by atoms with Crippen LogP contribution in [-0.2, 0) is 6.42 Å². The molecule has 0 atom stereocenters. The maximum atomic E-state index is 12.2. The van der Waals surface area contributed by atoms with E-state index < -0.39 is 0 Å². The Morgan fingerprint density at radius 2 is 2.14 bits per heavy atom. The van der Waals surface area contributed by atoms with Crippen molar-refractivity contribution in [1.29, 1.82) is 0 Å². The summed E-state index contributed by atoms with van der Waals surface area (Å²) in [7, 11) is 0. The van der Waals surface area contributed by atoms with Gasteiger partial charge < -0.3 is 4.98 Å². The maximum Gasteiger partial charge on any atom is 0.259 e. The molecule has 0 aliphatic heterocycles. The van der Waals surface area contributed by atoms with Crippen molar-refractivity contribution in [2.24, 2.45) is 0 Å². The van der Waals surface area contributed by atoms with Crippen molar-refractivity contribution in [3.8, 4) is 11.6 Å². The molecular formula is C15H15N5O. The van der Waals surface area contributed by atoms with E-state index in [1.54, 1.807) is 0 Å². The SMILES string of the molecule is CCc1ccc2nc(-c3n[nH]c(C4CC4)n3)[nH]c(=O)c2c1. The van der Waals surface area contributed by atoms with Gasteiger partial charge in [-0.25, -0.2) is 9.97 Å². The Bertz CT molecular complexity index is 875. The summed E-state index contributed by atoms with van der Waals surface area (Å²) in [6, 6.07) is 5.76. The van der Waals surface area contributed by atoms with E-state index in [1.807, 2.05) is 18.2 Å². The van der Waals surface area contributed by atoms with E-state index in [4.69, 9.17) is 0 Å². The van der Waals surface area contributed by atoms with Gasteiger partial charge in [0, 0.05) is 5.92 Å². The summed E-state index contributed by atoms with van der Waals surface area (Å²) in [5.74, 6) is 2.25. The van der Waals surface area contributed by atoms with Crippen LogP contribution in [0.2, 0.25) is 0 Å². The van der Waals surface area contributed by atoms with Crippen molar-refractivity contribution in [2.75, 3.05) is 0 Å². The Labute approximate surface area is 120 Å². The first-order valence-corrected chi connectivity index (χ1v) is 7.20. The largest absolute Gasteiger partial charge is 0.303 e. The average Bonchev–Trinajstić information content (AvgIpc) is 3.24. The number of nitrogens with zero attached hydrogens (tertiary/aromatic N) is 3. The van der Waals surface area contributed by atoms with E-state index >= 15 is 0 Å². The maximum absolute atomic E-state index is 12.2. The third kappa shape index (κ3) is 2.12. The van der Waals surface area contributed by atoms with Crippen LogP contribution in [0, 0.1) is 0 Å². The number of aryl methyl sites for hydroxylation is 1. The van der Waals surface area contributed by atoms with Gasteiger partial charge in [0.2, 0.25) is 5.82 Å². The Hall–Kier alpha value is -2.50. The minimum Gasteiger partial charge on any atom is -0.303 e. The number of benzene rings is 1. The van der Waals surface area contributed by atoms with Crippen LogP contribution in [0.25, 0.3) is 22.6 Å². The van der Waals surface area contributed by atoms with E-state index in [9.17, 15) is 4.79 Å². The molecule has 3 aromatic rings. The number of rotatable bonds is 3. The molecule has 0 spiro atoms. The van der Waals surface area contributed by atoms with Crippen LogP contribution in [-0.4, -0.2) is 25.1 Å². The van der Waals surface area contributed by atoms with Gasteiger partial charge in [-0.1, -0.05) is 13.0 Å². The monoisotopic (exact) mass is 281 g/mol. The van der Waals surface area contributed by atoms with Crippen molar-refractivity contribution in [3.63, 3.8) is 0 Å². The van der Waals surface area contributed by atoms with Gasteiger partial charge in [0.15, 0.2) is 5.82 Å². The van der Waals surface area contributed by atoms with Crippen LogP contribution in [0.4, 0.5) is 0 Å². The van der Waals surface area contributed by atoms with Gasteiger partial charge in [-0.05, 0) is 37.0 Å². The number of H-pyrrole nitrogens is 2. The molecule has 106 valence electrons. The molecule has 1 aromatic carbocycles. The van der Waals surface area contributed by atoms with Crippen LogP contribution in [0.3, 0.4) is 0 Å². The number of fused-ring (bicyclic) bond motifs is 1. The second-order valence-corrected chi connectivity index (χ2v) is 5.44. The van der Waals surface area contributed by atoms with E-state index in [-0.39, 0.29) is 5.56 Å². The zero-order valence-corrected chi connectivity index (χ0v) is 11.7. The summed E-state index contributed by atoms with van der Waals surface area (Å²) in [4.78, 5) is 23.9. The Balaban J connectivity index is 1.83. The van der Waals surface area contributed by atoms with Crippen molar-refractivity contribution < 1.29 is 0 Å². The minimum absolute atomic E-state index is 0.150. The number of aromatic amines is 2. The molecule has 0 radical (unpaired) electrons. The average molecular weight is 281 g/mol. The first-order valence-electron chi connectivity index (χ1n) is 7.20. The number of hydrogen-bond acceptors (Lipinski definition) is 4. The molecule has 0 saturated heterocycles. The van der Waals surface area contributed by atoms with Crippen LogP contribution in [0.1, 0.15) is 37.1 Å². The highest BCUT2D eigenvalue weighted by atomic mass is 16.1. The Kier molecular flexibility index (Phi) is 2.63. The summed E-state index contributed by atoms with van der Waals surface area (Å²) < 4.78 is 0. The summed E-state index contributed by atoms with van der Waals surface area (Å²) in [5, 5.41) is 7.70. The van der Waals surface area contributed by atoms with Gasteiger partial charge >= 0.3 is 0 Å². The lowest BCUT2D eigenvalue weighted by molar-refractivity contribution is 0.934. The summed E-state index contributed by atoms with van der Waals surface area (Å²) in [6.45, 7) is 2.06. The molecule has 6 nitrogen and oxygen atoms in total. The molecule has 0 bridgehead atoms. The first-order chi connectivity index (χ1) is 10.2. The zero-order chi connectivity index (χ0) is 14.4. The lowest BCUT2D eigenvalue weighted by atomic mass is 10.1. The highest BCUT2D eigenvalue weighted by Gasteiger charge is 2.27. The van der Waals surface area contributed by atoms with Crippen LogP contribution in [0.5, 0.6) is 0 Å². The molecule has 1 saturated carbocycles. The van der Waals surface area contributed by atoms with Crippen LogP contribution in [0.15, 0.2) is 23.0 Å². The van der Waals surface area contributed by atoms with Crippen molar-refractivity contribution >= 4 is 10.9 Å². The fourth-order valence-corrected chi connectivity index (χ4v) is 2.43. The Morgan fingerprint density at radius 3 is 2.90 bits per heavy atom. The highest BCUT2D eigenvalue weighted by Crippen LogP contribution is 2.38. The molecule has 6 heteroatoms. The van der Waals surface area contributed by atoms with Gasteiger partial charge in [0.1, 0.15) is 5.82 Å². The second-order valence-electron chi connectivity index (χ2n) is 5.44. The van der Waals surface area contributed by atoms with Gasteiger partial charge in [-0.15, -0.1) is 0 Å². The molecular weight excluding hydrogens is 266 g/mol. The summed E-state index contributed by atoms with van der Waals surface area (Å²) >= 11 is 0. The van der Waals surface area contributed by atoms with Crippen LogP contribution >= 0.6 is 0 Å². The first kappa shape index (κ1) is 12.3. The number of hydrogen-bond donors (Lipinski definition) is 2. The molecule has 2 heterocycles. The predicted octanol–water partition coefficient (Wildman–Crippen LogP) is 2.15. The lowest BCUT2D eigenvalue weighted by Gasteiger charge is -2.01. The minimum atomic E-state index is -0.150. The van der Waals surface area contributed by atoms with E-state index in [0.717, 1.165) is 30.7 Å². The third-order valence-corrected chi connectivity index (χ3v) is 3.86. The summed E-state index contributed by atoms with van der Waals surface area (Å²) in [5.41, 5.74) is 1.64. The fourth-order valence-electron chi connectivity index (χ4n) is 2.43. The quantitative estimate of drug-likeness (QED) is 0.770. The lowest BCUT2D eigenvalue weighted by Crippen LogP contribution is -2.10. The molecule has 21 heavy (non-hydrogen) atoms. The van der Waals surface area contributed by atoms with Crippen LogP contribution < -0.4 is 5.56 Å². The molecule has 1 aliphatic carbocycles. The molecule has 0 amide bonds. The topological polar surface area (TPSA) is 87.3 Å². The van der Waals surface area contributed by atoms with Gasteiger partial charge in [-0.2, -0.15) is 5.10 Å². The van der Waals surface area contributed by atoms with Gasteiger partial charge in [0.05, 0.1) is 10.9 Å². The van der Waals surface area contributed by atoms with Crippen molar-refractivity contribution in [1.82, 2.24) is 25.1 Å². The predicted molar refractivity (Wildman–Crippen MR) is 79.1 cm³/mol. The number of nitrogens with one attached hydrogen (secondary N) is 2. The third-order valence-electron chi connectivity index (χ3n) is 3.86. The van der Waals surface area contributed by atoms with Crippen molar-refractivity contribution in [3.05, 3.63) is 39.9 Å². The summed E-state index contributed by atoms with van der Waals surface area (Å²) in [6.07, 6.45) is 3.19. The molecule has 1 aliphatic rings. The smallest absolute Gasteiger partial charge is 0.259 e. The van der Waals surface area contributed by atoms with E-state index in [0.29, 0.717) is 28.5 Å². The van der Waals surface area contributed by atoms with Gasteiger partial charge in [-0.3, -0.25) is 9.89 Å². The van der Waals surface area contributed by atoms with Crippen molar-refractivity contribution in [2.45, 2.75) is 32.1 Å². The zero-order valence-electron chi connectivity index (χ0n) is 11.7. The second kappa shape index (κ2) is 4.51. The Morgan fingerprint density at radius 1 is 1.29 bits per heavy atom. The number of aromatic nitrogens is 5. The molecule has 1 fully saturated rings. The van der Waals surface area contributed by atoms with E-state index in [1.165, 1.54) is 0 Å². The molecule has 2 aromatic heterocycles. The van der Waals surface area contributed by atoms with E-state index in [2.05, 4.69) is 32.1 Å². The molecule has 0 unspecified atom stereocenters. The fraction of sp³-hybridized carbons (Fsp3) is 0.333. The normalized spacial score (nSPS) is 14.7.